The third-order valence-electron chi connectivity index (χ3n) is 5.32. The third kappa shape index (κ3) is 2.64. The molecular formula is C16H22N6O. The first-order valence-electron chi connectivity index (χ1n) is 8.36. The maximum atomic E-state index is 12.3. The number of hydrogen-bond acceptors (Lipinski definition) is 5. The average molecular weight is 314 g/mol. The molecule has 2 saturated carbocycles. The van der Waals surface area contributed by atoms with E-state index < -0.39 is 0 Å². The number of aromatic nitrogens is 4. The first-order chi connectivity index (χ1) is 11.2. The fourth-order valence-electron chi connectivity index (χ4n) is 4.17. The highest BCUT2D eigenvalue weighted by Crippen LogP contribution is 2.48. The van der Waals surface area contributed by atoms with Crippen LogP contribution in [-0.4, -0.2) is 38.7 Å². The molecule has 0 radical (unpaired) electrons. The summed E-state index contributed by atoms with van der Waals surface area (Å²) in [4.78, 5) is 20.8. The molecule has 2 heterocycles. The molecule has 0 aromatic carbocycles. The minimum atomic E-state index is 0.230. The van der Waals surface area contributed by atoms with Crippen LogP contribution in [0.2, 0.25) is 0 Å². The molecule has 2 aliphatic rings. The lowest BCUT2D eigenvalue weighted by molar-refractivity contribution is -0.126. The Balaban J connectivity index is 1.29. The zero-order valence-corrected chi connectivity index (χ0v) is 13.3. The van der Waals surface area contributed by atoms with E-state index in [1.54, 1.807) is 10.9 Å². The van der Waals surface area contributed by atoms with Gasteiger partial charge in [-0.1, -0.05) is 6.42 Å². The van der Waals surface area contributed by atoms with Gasteiger partial charge in [0.05, 0.1) is 11.6 Å². The normalized spacial score (nSPS) is 25.9. The van der Waals surface area contributed by atoms with Crippen LogP contribution in [0.1, 0.15) is 25.7 Å². The minimum Gasteiger partial charge on any atom is -0.368 e. The van der Waals surface area contributed by atoms with Crippen molar-refractivity contribution in [2.75, 3.05) is 18.4 Å². The molecule has 122 valence electrons. The van der Waals surface area contributed by atoms with Crippen molar-refractivity contribution < 1.29 is 4.79 Å². The van der Waals surface area contributed by atoms with E-state index in [1.807, 2.05) is 7.05 Å². The Morgan fingerprint density at radius 3 is 3.00 bits per heavy atom. The summed E-state index contributed by atoms with van der Waals surface area (Å²) in [5.74, 6) is 2.67. The highest BCUT2D eigenvalue weighted by molar-refractivity contribution is 5.86. The molecule has 2 bridgehead atoms. The van der Waals surface area contributed by atoms with Crippen molar-refractivity contribution in [3.05, 3.63) is 12.5 Å². The zero-order chi connectivity index (χ0) is 15.8. The van der Waals surface area contributed by atoms with Crippen LogP contribution in [0.5, 0.6) is 0 Å². The Hall–Kier alpha value is -2.18. The topological polar surface area (TPSA) is 84.7 Å². The van der Waals surface area contributed by atoms with Crippen molar-refractivity contribution in [3.63, 3.8) is 0 Å². The van der Waals surface area contributed by atoms with Crippen molar-refractivity contribution in [2.45, 2.75) is 25.7 Å². The number of nitrogens with zero attached hydrogens (tertiary/aromatic N) is 4. The van der Waals surface area contributed by atoms with Gasteiger partial charge in [0.2, 0.25) is 5.91 Å². The summed E-state index contributed by atoms with van der Waals surface area (Å²) >= 11 is 0. The Kier molecular flexibility index (Phi) is 3.63. The van der Waals surface area contributed by atoms with Gasteiger partial charge < -0.3 is 10.6 Å². The second-order valence-electron chi connectivity index (χ2n) is 6.73. The molecule has 2 N–H and O–H groups in total. The van der Waals surface area contributed by atoms with E-state index in [1.165, 1.54) is 25.6 Å². The van der Waals surface area contributed by atoms with Crippen LogP contribution < -0.4 is 10.6 Å². The lowest BCUT2D eigenvalue weighted by Crippen LogP contribution is -2.36. The van der Waals surface area contributed by atoms with Gasteiger partial charge in [-0.3, -0.25) is 9.48 Å². The quantitative estimate of drug-likeness (QED) is 0.813. The minimum absolute atomic E-state index is 0.230. The first kappa shape index (κ1) is 14.4. The third-order valence-corrected chi connectivity index (χ3v) is 5.32. The second-order valence-corrected chi connectivity index (χ2v) is 6.73. The van der Waals surface area contributed by atoms with Crippen molar-refractivity contribution in [1.29, 1.82) is 0 Å². The summed E-state index contributed by atoms with van der Waals surface area (Å²) in [5.41, 5.74) is 0.800. The molecule has 7 nitrogen and oxygen atoms in total. The summed E-state index contributed by atoms with van der Waals surface area (Å²) in [6, 6.07) is 0. The molecule has 0 spiro atoms. The number of carbonyl (C=O) groups excluding carboxylic acids is 1. The van der Waals surface area contributed by atoms with Crippen LogP contribution in [-0.2, 0) is 11.8 Å². The Morgan fingerprint density at radius 2 is 2.22 bits per heavy atom. The predicted molar refractivity (Wildman–Crippen MR) is 86.7 cm³/mol. The van der Waals surface area contributed by atoms with Crippen LogP contribution in [0.3, 0.4) is 0 Å². The van der Waals surface area contributed by atoms with Crippen molar-refractivity contribution in [3.8, 4) is 0 Å². The highest BCUT2D eigenvalue weighted by Gasteiger charge is 2.42. The standard InChI is InChI=1S/C16H22N6O/c1-22-15-13(8-21-22)14(19-9-20-15)17-4-5-18-16(23)12-7-10-2-3-11(12)6-10/h8-12H,2-7H2,1H3,(H,18,23)(H,17,19,20). The highest BCUT2D eigenvalue weighted by atomic mass is 16.1. The molecule has 2 aromatic heterocycles. The number of rotatable bonds is 5. The molecule has 1 amide bonds. The average Bonchev–Trinajstić information content (AvgIpc) is 3.28. The molecule has 7 heteroatoms. The van der Waals surface area contributed by atoms with Gasteiger partial charge in [0, 0.05) is 26.1 Å². The molecule has 4 rings (SSSR count). The SMILES string of the molecule is Cn1ncc2c(NCCNC(=O)C3CC4CCC3C4)ncnc21. The lowest BCUT2D eigenvalue weighted by atomic mass is 9.88. The number of hydrogen-bond donors (Lipinski definition) is 2. The molecule has 2 aliphatic carbocycles. The van der Waals surface area contributed by atoms with E-state index in [9.17, 15) is 4.79 Å². The lowest BCUT2D eigenvalue weighted by Gasteiger charge is -2.20. The summed E-state index contributed by atoms with van der Waals surface area (Å²) < 4.78 is 1.72. The molecule has 3 unspecified atom stereocenters. The van der Waals surface area contributed by atoms with Crippen LogP contribution in [0, 0.1) is 17.8 Å². The fourth-order valence-corrected chi connectivity index (χ4v) is 4.17. The molecule has 23 heavy (non-hydrogen) atoms. The largest absolute Gasteiger partial charge is 0.368 e. The number of nitrogens with one attached hydrogen (secondary N) is 2. The smallest absolute Gasteiger partial charge is 0.223 e. The molecule has 2 aromatic rings. The summed E-state index contributed by atoms with van der Waals surface area (Å²) in [6.07, 6.45) is 8.19. The molecule has 0 saturated heterocycles. The van der Waals surface area contributed by atoms with E-state index >= 15 is 0 Å². The second kappa shape index (κ2) is 5.79. The predicted octanol–water partition coefficient (Wildman–Crippen LogP) is 1.33. The molecule has 3 atom stereocenters. The van der Waals surface area contributed by atoms with E-state index in [2.05, 4.69) is 25.7 Å². The van der Waals surface area contributed by atoms with Crippen LogP contribution in [0.15, 0.2) is 12.5 Å². The van der Waals surface area contributed by atoms with Crippen LogP contribution in [0.4, 0.5) is 5.82 Å². The number of anilines is 1. The van der Waals surface area contributed by atoms with Gasteiger partial charge in [-0.05, 0) is 31.1 Å². The molecular weight excluding hydrogens is 292 g/mol. The number of aryl methyl sites for hydroxylation is 1. The molecule has 0 aliphatic heterocycles. The summed E-state index contributed by atoms with van der Waals surface area (Å²) in [6.45, 7) is 1.26. The van der Waals surface area contributed by atoms with Gasteiger partial charge in [0.15, 0.2) is 5.65 Å². The maximum absolute atomic E-state index is 12.3. The first-order valence-corrected chi connectivity index (χ1v) is 8.36. The Labute approximate surface area is 134 Å². The fraction of sp³-hybridized carbons (Fsp3) is 0.625. The monoisotopic (exact) mass is 314 g/mol. The van der Waals surface area contributed by atoms with E-state index in [0.717, 1.165) is 29.2 Å². The van der Waals surface area contributed by atoms with Gasteiger partial charge in [0.1, 0.15) is 12.1 Å². The Morgan fingerprint density at radius 1 is 1.30 bits per heavy atom. The van der Waals surface area contributed by atoms with Gasteiger partial charge >= 0.3 is 0 Å². The van der Waals surface area contributed by atoms with Crippen molar-refractivity contribution in [1.82, 2.24) is 25.1 Å². The van der Waals surface area contributed by atoms with Gasteiger partial charge in [-0.25, -0.2) is 9.97 Å². The Bertz CT molecular complexity index is 726. The van der Waals surface area contributed by atoms with Crippen LogP contribution >= 0.6 is 0 Å². The van der Waals surface area contributed by atoms with Crippen LogP contribution in [0.25, 0.3) is 11.0 Å². The van der Waals surface area contributed by atoms with E-state index in [4.69, 9.17) is 0 Å². The van der Waals surface area contributed by atoms with E-state index in [0.29, 0.717) is 19.0 Å². The van der Waals surface area contributed by atoms with E-state index in [-0.39, 0.29) is 11.8 Å². The molecule has 2 fully saturated rings. The van der Waals surface area contributed by atoms with Gasteiger partial charge in [0.25, 0.3) is 0 Å². The summed E-state index contributed by atoms with van der Waals surface area (Å²) in [7, 11) is 1.86. The van der Waals surface area contributed by atoms with Gasteiger partial charge in [-0.2, -0.15) is 5.10 Å². The zero-order valence-electron chi connectivity index (χ0n) is 13.3. The van der Waals surface area contributed by atoms with Gasteiger partial charge in [-0.15, -0.1) is 0 Å². The summed E-state index contributed by atoms with van der Waals surface area (Å²) in [5, 5.41) is 11.4. The maximum Gasteiger partial charge on any atom is 0.223 e. The number of amides is 1. The number of fused-ring (bicyclic) bond motifs is 3. The number of carbonyl (C=O) groups is 1. The van der Waals surface area contributed by atoms with Crippen molar-refractivity contribution in [2.24, 2.45) is 24.8 Å². The van der Waals surface area contributed by atoms with Crippen molar-refractivity contribution >= 4 is 22.8 Å².